The van der Waals surface area contributed by atoms with E-state index in [0.29, 0.717) is 12.1 Å². The number of hydrogen-bond acceptors (Lipinski definition) is 3. The molecule has 4 nitrogen and oxygen atoms in total. The number of pyridine rings is 1. The highest BCUT2D eigenvalue weighted by Gasteiger charge is 2.30. The molecule has 2 rings (SSSR count). The van der Waals surface area contributed by atoms with Crippen molar-refractivity contribution in [3.05, 3.63) is 47.0 Å². The van der Waals surface area contributed by atoms with Gasteiger partial charge in [-0.25, -0.2) is 0 Å². The second-order valence-corrected chi connectivity index (χ2v) is 4.87. The number of halogens is 3. The fourth-order valence-electron chi connectivity index (χ4n) is 2.16. The summed E-state index contributed by atoms with van der Waals surface area (Å²) in [6.45, 7) is 4.58. The van der Waals surface area contributed by atoms with Crippen LogP contribution < -0.4 is 5.73 Å². The van der Waals surface area contributed by atoms with Crippen LogP contribution in [0.2, 0.25) is 0 Å². The molecule has 1 unspecified atom stereocenters. The minimum atomic E-state index is -4.38. The minimum absolute atomic E-state index is 0.435. The lowest BCUT2D eigenvalue weighted by Crippen LogP contribution is -2.18. The quantitative estimate of drug-likeness (QED) is 0.944. The zero-order chi connectivity index (χ0) is 15.6. The van der Waals surface area contributed by atoms with Crippen molar-refractivity contribution < 1.29 is 13.2 Å². The Labute approximate surface area is 120 Å². The molecule has 2 N–H and O–H groups in total. The molecule has 0 saturated heterocycles. The molecule has 7 heteroatoms. The normalized spacial score (nSPS) is 13.4. The van der Waals surface area contributed by atoms with Crippen LogP contribution in [0.1, 0.15) is 35.6 Å². The van der Waals surface area contributed by atoms with Gasteiger partial charge in [-0.3, -0.25) is 9.67 Å². The van der Waals surface area contributed by atoms with Crippen LogP contribution in [0.4, 0.5) is 13.2 Å². The summed E-state index contributed by atoms with van der Waals surface area (Å²) >= 11 is 0. The van der Waals surface area contributed by atoms with E-state index in [1.54, 1.807) is 0 Å². The number of rotatable bonds is 4. The Morgan fingerprint density at radius 2 is 2.05 bits per heavy atom. The van der Waals surface area contributed by atoms with Crippen LogP contribution in [-0.2, 0) is 19.1 Å². The minimum Gasteiger partial charge on any atom is -0.322 e. The van der Waals surface area contributed by atoms with Gasteiger partial charge in [0.05, 0.1) is 23.0 Å². The third-order valence-corrected chi connectivity index (χ3v) is 3.21. The van der Waals surface area contributed by atoms with E-state index in [2.05, 4.69) is 10.1 Å². The summed E-state index contributed by atoms with van der Waals surface area (Å²) in [5.41, 5.74) is 7.54. The molecular weight excluding hydrogens is 281 g/mol. The van der Waals surface area contributed by atoms with Crippen LogP contribution in [0.25, 0.3) is 0 Å². The lowest BCUT2D eigenvalue weighted by molar-refractivity contribution is -0.137. The first-order valence-corrected chi connectivity index (χ1v) is 6.63. The van der Waals surface area contributed by atoms with Gasteiger partial charge in [0.1, 0.15) is 0 Å². The molecule has 0 aliphatic rings. The molecule has 1 atom stereocenters. The zero-order valence-corrected chi connectivity index (χ0v) is 11.9. The molecule has 0 aliphatic carbocycles. The largest absolute Gasteiger partial charge is 0.417 e. The van der Waals surface area contributed by atoms with E-state index in [-0.39, 0.29) is 0 Å². The highest BCUT2D eigenvalue weighted by molar-refractivity contribution is 5.20. The van der Waals surface area contributed by atoms with Gasteiger partial charge in [-0.05, 0) is 32.0 Å². The average Bonchev–Trinajstić information content (AvgIpc) is 2.78. The van der Waals surface area contributed by atoms with Crippen LogP contribution in [0.15, 0.2) is 24.4 Å². The third-order valence-electron chi connectivity index (χ3n) is 3.21. The molecule has 2 heterocycles. The molecule has 0 aromatic carbocycles. The maximum Gasteiger partial charge on any atom is 0.417 e. The molecule has 0 spiro atoms. The Morgan fingerprint density at radius 3 is 2.57 bits per heavy atom. The van der Waals surface area contributed by atoms with Crippen LogP contribution >= 0.6 is 0 Å². The molecule has 0 aliphatic heterocycles. The highest BCUT2D eigenvalue weighted by atomic mass is 19.4. The summed E-state index contributed by atoms with van der Waals surface area (Å²) in [6.07, 6.45) is -3.09. The Balaban J connectivity index is 2.15. The van der Waals surface area contributed by atoms with Crippen molar-refractivity contribution in [1.29, 1.82) is 0 Å². The average molecular weight is 298 g/mol. The molecule has 0 fully saturated rings. The summed E-state index contributed by atoms with van der Waals surface area (Å²) in [5.74, 6) is 0. The molecule has 2 aromatic heterocycles. The first-order chi connectivity index (χ1) is 9.81. The van der Waals surface area contributed by atoms with Crippen molar-refractivity contribution in [1.82, 2.24) is 14.8 Å². The Bertz CT molecular complexity index is 602. The van der Waals surface area contributed by atoms with Gasteiger partial charge in [-0.1, -0.05) is 0 Å². The van der Waals surface area contributed by atoms with Crippen molar-refractivity contribution in [3.63, 3.8) is 0 Å². The first-order valence-electron chi connectivity index (χ1n) is 6.63. The fraction of sp³-hybridized carbons (Fsp3) is 0.429. The predicted molar refractivity (Wildman–Crippen MR) is 72.5 cm³/mol. The second kappa shape index (κ2) is 5.85. The molecule has 0 bridgehead atoms. The van der Waals surface area contributed by atoms with Gasteiger partial charge in [-0.15, -0.1) is 0 Å². The van der Waals surface area contributed by atoms with Gasteiger partial charge in [-0.2, -0.15) is 18.3 Å². The summed E-state index contributed by atoms with van der Waals surface area (Å²) in [6, 6.07) is 3.79. The van der Waals surface area contributed by atoms with Crippen molar-refractivity contribution in [2.24, 2.45) is 5.73 Å². The van der Waals surface area contributed by atoms with Gasteiger partial charge in [0, 0.05) is 24.9 Å². The van der Waals surface area contributed by atoms with Crippen molar-refractivity contribution >= 4 is 0 Å². The zero-order valence-electron chi connectivity index (χ0n) is 11.9. The second-order valence-electron chi connectivity index (χ2n) is 4.87. The van der Waals surface area contributed by atoms with E-state index in [1.165, 1.54) is 6.07 Å². The topological polar surface area (TPSA) is 56.7 Å². The lowest BCUT2D eigenvalue weighted by atomic mass is 10.1. The van der Waals surface area contributed by atoms with Gasteiger partial charge in [0.25, 0.3) is 0 Å². The maximum atomic E-state index is 12.5. The summed E-state index contributed by atoms with van der Waals surface area (Å²) in [7, 11) is 0. The SMILES string of the molecule is CCn1nc(C)cc1CC(N)c1ccc(C(F)(F)F)cn1. The smallest absolute Gasteiger partial charge is 0.322 e. The van der Waals surface area contributed by atoms with Gasteiger partial charge in [0.2, 0.25) is 0 Å². The lowest BCUT2D eigenvalue weighted by Gasteiger charge is -2.13. The monoisotopic (exact) mass is 298 g/mol. The Hall–Kier alpha value is -1.89. The number of nitrogens with zero attached hydrogens (tertiary/aromatic N) is 3. The first kappa shape index (κ1) is 15.5. The van der Waals surface area contributed by atoms with Crippen LogP contribution in [0.5, 0.6) is 0 Å². The number of hydrogen-bond donors (Lipinski definition) is 1. The molecule has 0 saturated carbocycles. The van der Waals surface area contributed by atoms with E-state index in [9.17, 15) is 13.2 Å². The molecule has 2 aromatic rings. The summed E-state index contributed by atoms with van der Waals surface area (Å²) in [5, 5.41) is 4.31. The van der Waals surface area contributed by atoms with Gasteiger partial charge >= 0.3 is 6.18 Å². The van der Waals surface area contributed by atoms with Crippen molar-refractivity contribution in [3.8, 4) is 0 Å². The number of nitrogens with two attached hydrogens (primary N) is 1. The fourth-order valence-corrected chi connectivity index (χ4v) is 2.16. The van der Waals surface area contributed by atoms with Crippen molar-refractivity contribution in [2.75, 3.05) is 0 Å². The van der Waals surface area contributed by atoms with Crippen molar-refractivity contribution in [2.45, 2.75) is 39.0 Å². The maximum absolute atomic E-state index is 12.5. The van der Waals surface area contributed by atoms with Crippen LogP contribution in [0.3, 0.4) is 0 Å². The van der Waals surface area contributed by atoms with Gasteiger partial charge < -0.3 is 5.73 Å². The van der Waals surface area contributed by atoms with Crippen LogP contribution in [0, 0.1) is 6.92 Å². The molecular formula is C14H17F3N4. The predicted octanol–water partition coefficient (Wildman–Crippen LogP) is 2.87. The highest BCUT2D eigenvalue weighted by Crippen LogP contribution is 2.29. The molecule has 114 valence electrons. The van der Waals surface area contributed by atoms with E-state index < -0.39 is 17.8 Å². The summed E-state index contributed by atoms with van der Waals surface area (Å²) in [4.78, 5) is 3.83. The molecule has 0 radical (unpaired) electrons. The van der Waals surface area contributed by atoms with E-state index in [0.717, 1.165) is 30.2 Å². The number of alkyl halides is 3. The standard InChI is InChI=1S/C14H17F3N4/c1-3-21-11(6-9(2)20-21)7-12(18)13-5-4-10(8-19-13)14(15,16)17/h4-6,8,12H,3,7,18H2,1-2H3. The van der Waals surface area contributed by atoms with Gasteiger partial charge in [0.15, 0.2) is 0 Å². The van der Waals surface area contributed by atoms with E-state index >= 15 is 0 Å². The van der Waals surface area contributed by atoms with Crippen LogP contribution in [-0.4, -0.2) is 14.8 Å². The number of aryl methyl sites for hydroxylation is 2. The Morgan fingerprint density at radius 1 is 1.33 bits per heavy atom. The summed E-state index contributed by atoms with van der Waals surface area (Å²) < 4.78 is 39.3. The van der Waals surface area contributed by atoms with E-state index in [1.807, 2.05) is 24.6 Å². The third kappa shape index (κ3) is 3.60. The Kier molecular flexibility index (Phi) is 4.32. The number of aromatic nitrogens is 3. The molecule has 21 heavy (non-hydrogen) atoms. The molecule has 0 amide bonds. The van der Waals surface area contributed by atoms with E-state index in [4.69, 9.17) is 5.73 Å².